The van der Waals surface area contributed by atoms with Crippen LogP contribution in [0.4, 0.5) is 5.69 Å². The molecule has 0 bridgehead atoms. The second-order valence-corrected chi connectivity index (χ2v) is 6.88. The summed E-state index contributed by atoms with van der Waals surface area (Å²) >= 11 is 6.43. The lowest BCUT2D eigenvalue weighted by atomic mass is 10.1. The molecule has 1 fully saturated rings. The van der Waals surface area contributed by atoms with E-state index in [1.165, 1.54) is 30.6 Å². The number of nitrogens with one attached hydrogen (secondary N) is 1. The summed E-state index contributed by atoms with van der Waals surface area (Å²) in [6, 6.07) is 7.55. The zero-order chi connectivity index (χ0) is 15.4. The standard InChI is InChI=1S/C17H28ClN3/c1-13(2)19-11-14-7-8-15(10-17(14)18)21(4)12-16-6-5-9-20(16)3/h7-8,10,13,16,19H,5-6,9,11-12H2,1-4H3. The summed E-state index contributed by atoms with van der Waals surface area (Å²) in [5, 5.41) is 4.27. The van der Waals surface area contributed by atoms with Crippen LogP contribution in [0.2, 0.25) is 5.02 Å². The molecule has 3 nitrogen and oxygen atoms in total. The van der Waals surface area contributed by atoms with Crippen LogP contribution in [0.25, 0.3) is 0 Å². The fraction of sp³-hybridized carbons (Fsp3) is 0.647. The van der Waals surface area contributed by atoms with Gasteiger partial charge in [-0.3, -0.25) is 0 Å². The molecule has 2 rings (SSSR count). The number of hydrogen-bond donors (Lipinski definition) is 1. The first-order valence-electron chi connectivity index (χ1n) is 7.90. The van der Waals surface area contributed by atoms with E-state index in [1.54, 1.807) is 0 Å². The number of nitrogens with zero attached hydrogens (tertiary/aromatic N) is 2. The lowest BCUT2D eigenvalue weighted by Gasteiger charge is -2.27. The molecule has 1 atom stereocenters. The van der Waals surface area contributed by atoms with Crippen molar-refractivity contribution in [3.63, 3.8) is 0 Å². The van der Waals surface area contributed by atoms with Crippen molar-refractivity contribution >= 4 is 17.3 Å². The summed E-state index contributed by atoms with van der Waals surface area (Å²) < 4.78 is 0. The second-order valence-electron chi connectivity index (χ2n) is 6.47. The molecule has 1 aromatic rings. The van der Waals surface area contributed by atoms with Gasteiger partial charge in [0.1, 0.15) is 0 Å². The smallest absolute Gasteiger partial charge is 0.0471 e. The summed E-state index contributed by atoms with van der Waals surface area (Å²) in [7, 11) is 4.38. The highest BCUT2D eigenvalue weighted by Crippen LogP contribution is 2.25. The fourth-order valence-electron chi connectivity index (χ4n) is 2.86. The zero-order valence-corrected chi connectivity index (χ0v) is 14.5. The van der Waals surface area contributed by atoms with Crippen LogP contribution in [0.5, 0.6) is 0 Å². The number of likely N-dealkylation sites (tertiary alicyclic amines) is 1. The van der Waals surface area contributed by atoms with Crippen molar-refractivity contribution in [1.82, 2.24) is 10.2 Å². The van der Waals surface area contributed by atoms with E-state index < -0.39 is 0 Å². The third-order valence-electron chi connectivity index (χ3n) is 4.33. The van der Waals surface area contributed by atoms with Gasteiger partial charge in [0.2, 0.25) is 0 Å². The van der Waals surface area contributed by atoms with Crippen molar-refractivity contribution in [2.45, 2.75) is 45.3 Å². The van der Waals surface area contributed by atoms with E-state index in [-0.39, 0.29) is 0 Å². The molecule has 1 aliphatic rings. The molecule has 21 heavy (non-hydrogen) atoms. The third kappa shape index (κ3) is 4.60. The van der Waals surface area contributed by atoms with Gasteiger partial charge in [-0.15, -0.1) is 0 Å². The van der Waals surface area contributed by atoms with Crippen molar-refractivity contribution in [2.24, 2.45) is 0 Å². The topological polar surface area (TPSA) is 18.5 Å². The quantitative estimate of drug-likeness (QED) is 0.869. The maximum Gasteiger partial charge on any atom is 0.0471 e. The molecule has 0 amide bonds. The summed E-state index contributed by atoms with van der Waals surface area (Å²) in [5.74, 6) is 0. The highest BCUT2D eigenvalue weighted by Gasteiger charge is 2.22. The molecule has 118 valence electrons. The van der Waals surface area contributed by atoms with E-state index in [1.807, 2.05) is 0 Å². The van der Waals surface area contributed by atoms with Gasteiger partial charge in [-0.1, -0.05) is 31.5 Å². The molecule has 1 aliphatic heterocycles. The molecule has 1 unspecified atom stereocenters. The monoisotopic (exact) mass is 309 g/mol. The summed E-state index contributed by atoms with van der Waals surface area (Å²) in [4.78, 5) is 4.77. The van der Waals surface area contributed by atoms with Crippen LogP contribution in [0, 0.1) is 0 Å². The van der Waals surface area contributed by atoms with E-state index >= 15 is 0 Å². The number of benzene rings is 1. The van der Waals surface area contributed by atoms with E-state index in [9.17, 15) is 0 Å². The van der Waals surface area contributed by atoms with E-state index in [0.29, 0.717) is 12.1 Å². The minimum absolute atomic E-state index is 0.473. The maximum absolute atomic E-state index is 6.43. The summed E-state index contributed by atoms with van der Waals surface area (Å²) in [5.41, 5.74) is 2.37. The highest BCUT2D eigenvalue weighted by atomic mass is 35.5. The zero-order valence-electron chi connectivity index (χ0n) is 13.7. The van der Waals surface area contributed by atoms with Crippen LogP contribution in [-0.4, -0.2) is 44.2 Å². The Labute approximate surface area is 134 Å². The average molecular weight is 310 g/mol. The van der Waals surface area contributed by atoms with Crippen molar-refractivity contribution in [1.29, 1.82) is 0 Å². The SMILES string of the molecule is CC(C)NCc1ccc(N(C)CC2CCCN2C)cc1Cl. The first kappa shape index (κ1) is 16.6. The van der Waals surface area contributed by atoms with Crippen molar-refractivity contribution in [3.05, 3.63) is 28.8 Å². The van der Waals surface area contributed by atoms with Crippen LogP contribution in [0.3, 0.4) is 0 Å². The number of halogens is 1. The fourth-order valence-corrected chi connectivity index (χ4v) is 3.10. The first-order chi connectivity index (χ1) is 9.97. The third-order valence-corrected chi connectivity index (χ3v) is 4.69. The van der Waals surface area contributed by atoms with Crippen molar-refractivity contribution < 1.29 is 0 Å². The molecule has 0 spiro atoms. The van der Waals surface area contributed by atoms with Crippen molar-refractivity contribution in [2.75, 3.05) is 32.1 Å². The normalized spacial score (nSPS) is 19.4. The van der Waals surface area contributed by atoms with Gasteiger partial charge in [0.25, 0.3) is 0 Å². The van der Waals surface area contributed by atoms with Crippen LogP contribution in [0.15, 0.2) is 18.2 Å². The summed E-state index contributed by atoms with van der Waals surface area (Å²) in [6.45, 7) is 7.41. The van der Waals surface area contributed by atoms with Crippen molar-refractivity contribution in [3.8, 4) is 0 Å². The molecule has 1 heterocycles. The Balaban J connectivity index is 1.98. The summed E-state index contributed by atoms with van der Waals surface area (Å²) in [6.07, 6.45) is 2.61. The molecule has 1 aromatic carbocycles. The predicted octanol–water partition coefficient (Wildman–Crippen LogP) is 3.37. The van der Waals surface area contributed by atoms with Gasteiger partial charge >= 0.3 is 0 Å². The number of likely N-dealkylation sites (N-methyl/N-ethyl adjacent to an activating group) is 2. The van der Waals surface area contributed by atoms with Crippen LogP contribution in [0.1, 0.15) is 32.3 Å². The molecule has 0 aliphatic carbocycles. The molecule has 4 heteroatoms. The molecule has 0 radical (unpaired) electrons. The minimum atomic E-state index is 0.473. The Morgan fingerprint density at radius 1 is 1.43 bits per heavy atom. The van der Waals surface area contributed by atoms with E-state index in [4.69, 9.17) is 11.6 Å². The Bertz CT molecular complexity index is 461. The van der Waals surface area contributed by atoms with E-state index in [2.05, 4.69) is 61.3 Å². The van der Waals surface area contributed by atoms with Gasteiger partial charge < -0.3 is 15.1 Å². The Hall–Kier alpha value is -0.770. The minimum Gasteiger partial charge on any atom is -0.373 e. The first-order valence-corrected chi connectivity index (χ1v) is 8.28. The number of rotatable bonds is 6. The molecule has 1 N–H and O–H groups in total. The molecule has 0 saturated carbocycles. The van der Waals surface area contributed by atoms with Crippen LogP contribution < -0.4 is 10.2 Å². The predicted molar refractivity (Wildman–Crippen MR) is 92.3 cm³/mol. The van der Waals surface area contributed by atoms with E-state index in [0.717, 1.165) is 18.1 Å². The Kier molecular flexibility index (Phi) is 5.91. The van der Waals surface area contributed by atoms with Gasteiger partial charge in [0.05, 0.1) is 0 Å². The van der Waals surface area contributed by atoms with Gasteiger partial charge in [0.15, 0.2) is 0 Å². The Morgan fingerprint density at radius 3 is 2.76 bits per heavy atom. The number of anilines is 1. The van der Waals surface area contributed by atoms with Gasteiger partial charge in [-0.25, -0.2) is 0 Å². The molecular formula is C17H28ClN3. The maximum atomic E-state index is 6.43. The van der Waals surface area contributed by atoms with Gasteiger partial charge in [-0.2, -0.15) is 0 Å². The Morgan fingerprint density at radius 2 is 2.19 bits per heavy atom. The highest BCUT2D eigenvalue weighted by molar-refractivity contribution is 6.31. The molecular weight excluding hydrogens is 282 g/mol. The lowest BCUT2D eigenvalue weighted by Crippen LogP contribution is -2.36. The number of hydrogen-bond acceptors (Lipinski definition) is 3. The average Bonchev–Trinajstić information content (AvgIpc) is 2.82. The van der Waals surface area contributed by atoms with Gasteiger partial charge in [0, 0.05) is 42.9 Å². The largest absolute Gasteiger partial charge is 0.373 e. The van der Waals surface area contributed by atoms with Crippen LogP contribution >= 0.6 is 11.6 Å². The van der Waals surface area contributed by atoms with Crippen LogP contribution in [-0.2, 0) is 6.54 Å². The second kappa shape index (κ2) is 7.48. The molecule has 0 aromatic heterocycles. The lowest BCUT2D eigenvalue weighted by molar-refractivity contribution is 0.314. The molecule has 1 saturated heterocycles. The van der Waals surface area contributed by atoms with Gasteiger partial charge in [-0.05, 0) is 44.1 Å².